The number of unbranched alkanes of at least 4 members (excludes halogenated alkanes) is 2. The van der Waals surface area contributed by atoms with E-state index in [0.717, 1.165) is 31.2 Å². The number of carbonyl (C=O) groups is 1. The van der Waals surface area contributed by atoms with Crippen LogP contribution < -0.4 is 10.1 Å². The fraction of sp³-hybridized carbons (Fsp3) is 0.450. The van der Waals surface area contributed by atoms with E-state index in [-0.39, 0.29) is 12.1 Å². The minimum Gasteiger partial charge on any atom is -0.477 e. The normalized spacial score (nSPS) is 16.2. The Morgan fingerprint density at radius 2 is 1.88 bits per heavy atom. The minimum absolute atomic E-state index is 0.0758. The molecule has 0 saturated carbocycles. The summed E-state index contributed by atoms with van der Waals surface area (Å²) in [5.41, 5.74) is 1.47. The molecular formula is C20H26N4O2. The second-order valence-electron chi connectivity index (χ2n) is 6.41. The van der Waals surface area contributed by atoms with Gasteiger partial charge in [0.15, 0.2) is 0 Å². The number of hydrogen-bond donors (Lipinski definition) is 1. The fourth-order valence-corrected chi connectivity index (χ4v) is 3.02. The standard InChI is InChI=1S/C20H26N4O2/c1-3-5-12-24-18(15-10-8-7-9-11-15)23-17-16(20(24)25)19(22-14-21-17)26-13-6-4-2/h7-11,14,18H,3-6,12-13H2,1-2H3,(H,21,22,23). The number of nitrogens with zero attached hydrogens (tertiary/aromatic N) is 3. The lowest BCUT2D eigenvalue weighted by Gasteiger charge is -2.37. The molecule has 6 heteroatoms. The molecule has 26 heavy (non-hydrogen) atoms. The van der Waals surface area contributed by atoms with Gasteiger partial charge in [0.2, 0.25) is 5.88 Å². The summed E-state index contributed by atoms with van der Waals surface area (Å²) < 4.78 is 5.77. The molecule has 1 aromatic heterocycles. The summed E-state index contributed by atoms with van der Waals surface area (Å²) in [6.45, 7) is 5.44. The Bertz CT molecular complexity index is 736. The Morgan fingerprint density at radius 1 is 1.12 bits per heavy atom. The Hall–Kier alpha value is -2.63. The van der Waals surface area contributed by atoms with Crippen LogP contribution in [-0.4, -0.2) is 33.9 Å². The van der Waals surface area contributed by atoms with Crippen LogP contribution in [0.4, 0.5) is 5.82 Å². The van der Waals surface area contributed by atoms with E-state index in [1.165, 1.54) is 6.33 Å². The number of ether oxygens (including phenoxy) is 1. The second kappa shape index (κ2) is 8.65. The first-order chi connectivity index (χ1) is 12.8. The van der Waals surface area contributed by atoms with Crippen molar-refractivity contribution in [2.75, 3.05) is 18.5 Å². The lowest BCUT2D eigenvalue weighted by molar-refractivity contribution is 0.0672. The van der Waals surface area contributed by atoms with Crippen LogP contribution in [0.1, 0.15) is 61.6 Å². The largest absolute Gasteiger partial charge is 0.477 e. The van der Waals surface area contributed by atoms with E-state index in [0.29, 0.717) is 30.4 Å². The molecule has 2 aromatic rings. The van der Waals surface area contributed by atoms with Crippen molar-refractivity contribution in [3.63, 3.8) is 0 Å². The number of aromatic nitrogens is 2. The number of fused-ring (bicyclic) bond motifs is 1. The summed E-state index contributed by atoms with van der Waals surface area (Å²) in [6.07, 6.45) is 5.12. The first kappa shape index (κ1) is 18.2. The average molecular weight is 354 g/mol. The maximum absolute atomic E-state index is 13.3. The third-order valence-corrected chi connectivity index (χ3v) is 4.48. The molecule has 1 atom stereocenters. The molecule has 1 aromatic carbocycles. The van der Waals surface area contributed by atoms with E-state index >= 15 is 0 Å². The zero-order valence-corrected chi connectivity index (χ0v) is 15.4. The Labute approximate surface area is 154 Å². The number of nitrogens with one attached hydrogen (secondary N) is 1. The Balaban J connectivity index is 1.95. The van der Waals surface area contributed by atoms with Crippen LogP contribution in [0.2, 0.25) is 0 Å². The van der Waals surface area contributed by atoms with Crippen LogP contribution in [0.25, 0.3) is 0 Å². The van der Waals surface area contributed by atoms with Gasteiger partial charge in [-0.1, -0.05) is 57.0 Å². The van der Waals surface area contributed by atoms with Gasteiger partial charge in [-0.05, 0) is 18.4 Å². The third kappa shape index (κ3) is 3.79. The summed E-state index contributed by atoms with van der Waals surface area (Å²) >= 11 is 0. The smallest absolute Gasteiger partial charge is 0.265 e. The van der Waals surface area contributed by atoms with Crippen molar-refractivity contribution in [3.05, 3.63) is 47.8 Å². The van der Waals surface area contributed by atoms with E-state index in [4.69, 9.17) is 4.74 Å². The maximum atomic E-state index is 13.3. The molecule has 138 valence electrons. The van der Waals surface area contributed by atoms with Crippen molar-refractivity contribution in [2.45, 2.75) is 45.7 Å². The predicted octanol–water partition coefficient (Wildman–Crippen LogP) is 4.02. The molecular weight excluding hydrogens is 328 g/mol. The highest BCUT2D eigenvalue weighted by Gasteiger charge is 2.36. The molecule has 3 rings (SSSR count). The predicted molar refractivity (Wildman–Crippen MR) is 101 cm³/mol. The molecule has 0 radical (unpaired) electrons. The molecule has 1 aliphatic heterocycles. The maximum Gasteiger partial charge on any atom is 0.265 e. The number of anilines is 1. The van der Waals surface area contributed by atoms with E-state index in [9.17, 15) is 4.79 Å². The van der Waals surface area contributed by atoms with Crippen molar-refractivity contribution in [3.8, 4) is 5.88 Å². The van der Waals surface area contributed by atoms with Crippen LogP contribution in [0.5, 0.6) is 5.88 Å². The molecule has 6 nitrogen and oxygen atoms in total. The average Bonchev–Trinajstić information content (AvgIpc) is 2.68. The summed E-state index contributed by atoms with van der Waals surface area (Å²) in [5.74, 6) is 0.834. The lowest BCUT2D eigenvalue weighted by atomic mass is 10.1. The molecule has 0 saturated heterocycles. The molecule has 1 N–H and O–H groups in total. The summed E-state index contributed by atoms with van der Waals surface area (Å²) in [7, 11) is 0. The van der Waals surface area contributed by atoms with Crippen LogP contribution in [0.15, 0.2) is 36.7 Å². The Kier molecular flexibility index (Phi) is 6.04. The zero-order chi connectivity index (χ0) is 18.4. The molecule has 0 bridgehead atoms. The molecule has 1 unspecified atom stereocenters. The number of benzene rings is 1. The highest BCUT2D eigenvalue weighted by atomic mass is 16.5. The quantitative estimate of drug-likeness (QED) is 0.725. The fourth-order valence-electron chi connectivity index (χ4n) is 3.02. The first-order valence-electron chi connectivity index (χ1n) is 9.36. The molecule has 2 heterocycles. The molecule has 0 spiro atoms. The minimum atomic E-state index is -0.235. The molecule has 1 amide bonds. The molecule has 1 aliphatic rings. The van der Waals surface area contributed by atoms with Gasteiger partial charge in [0.25, 0.3) is 5.91 Å². The van der Waals surface area contributed by atoms with Gasteiger partial charge in [-0.25, -0.2) is 9.97 Å². The van der Waals surface area contributed by atoms with Crippen molar-refractivity contribution in [1.82, 2.24) is 14.9 Å². The number of amides is 1. The number of carbonyl (C=O) groups excluding carboxylic acids is 1. The highest BCUT2D eigenvalue weighted by Crippen LogP contribution is 2.35. The van der Waals surface area contributed by atoms with Gasteiger partial charge in [0.05, 0.1) is 6.61 Å². The summed E-state index contributed by atoms with van der Waals surface area (Å²) in [6, 6.07) is 9.98. The summed E-state index contributed by atoms with van der Waals surface area (Å²) in [4.78, 5) is 23.6. The van der Waals surface area contributed by atoms with Gasteiger partial charge in [0.1, 0.15) is 23.9 Å². The zero-order valence-electron chi connectivity index (χ0n) is 15.4. The van der Waals surface area contributed by atoms with Crippen LogP contribution in [0.3, 0.4) is 0 Å². The van der Waals surface area contributed by atoms with Crippen molar-refractivity contribution in [1.29, 1.82) is 0 Å². The van der Waals surface area contributed by atoms with Gasteiger partial charge < -0.3 is 15.0 Å². The monoisotopic (exact) mass is 354 g/mol. The third-order valence-electron chi connectivity index (χ3n) is 4.48. The molecule has 0 fully saturated rings. The topological polar surface area (TPSA) is 67.4 Å². The van der Waals surface area contributed by atoms with Crippen LogP contribution in [0, 0.1) is 0 Å². The first-order valence-corrected chi connectivity index (χ1v) is 9.36. The van der Waals surface area contributed by atoms with Crippen molar-refractivity contribution >= 4 is 11.7 Å². The van der Waals surface area contributed by atoms with Gasteiger partial charge in [0, 0.05) is 6.54 Å². The SMILES string of the molecule is CCCCOc1ncnc2c1C(=O)N(CCCC)C(c1ccccc1)N2. The van der Waals surface area contributed by atoms with Crippen molar-refractivity contribution in [2.24, 2.45) is 0 Å². The van der Waals surface area contributed by atoms with Crippen molar-refractivity contribution < 1.29 is 9.53 Å². The van der Waals surface area contributed by atoms with E-state index < -0.39 is 0 Å². The second-order valence-corrected chi connectivity index (χ2v) is 6.41. The van der Waals surface area contributed by atoms with Gasteiger partial charge in [-0.15, -0.1) is 0 Å². The van der Waals surface area contributed by atoms with Crippen LogP contribution in [-0.2, 0) is 0 Å². The van der Waals surface area contributed by atoms with Crippen LogP contribution >= 0.6 is 0 Å². The Morgan fingerprint density at radius 3 is 2.62 bits per heavy atom. The van der Waals surface area contributed by atoms with E-state index in [1.54, 1.807) is 0 Å². The van der Waals surface area contributed by atoms with Gasteiger partial charge in [-0.2, -0.15) is 0 Å². The highest BCUT2D eigenvalue weighted by molar-refractivity contribution is 6.02. The summed E-state index contributed by atoms with van der Waals surface area (Å²) in [5, 5.41) is 3.41. The number of rotatable bonds is 8. The molecule has 0 aliphatic carbocycles. The van der Waals surface area contributed by atoms with Gasteiger partial charge >= 0.3 is 0 Å². The number of hydrogen-bond acceptors (Lipinski definition) is 5. The lowest BCUT2D eigenvalue weighted by Crippen LogP contribution is -2.44. The van der Waals surface area contributed by atoms with Gasteiger partial charge in [-0.3, -0.25) is 4.79 Å². The van der Waals surface area contributed by atoms with E-state index in [1.807, 2.05) is 35.2 Å². The van der Waals surface area contributed by atoms with E-state index in [2.05, 4.69) is 29.1 Å².